The van der Waals surface area contributed by atoms with Crippen molar-refractivity contribution in [1.82, 2.24) is 5.43 Å². The first kappa shape index (κ1) is 16.7. The molecule has 0 bridgehead atoms. The lowest BCUT2D eigenvalue weighted by atomic mass is 9.95. The maximum absolute atomic E-state index is 12.0. The van der Waals surface area contributed by atoms with Gasteiger partial charge in [-0.3, -0.25) is 11.3 Å². The van der Waals surface area contributed by atoms with E-state index in [0.717, 1.165) is 0 Å². The third-order valence-corrected chi connectivity index (χ3v) is 5.71. The zero-order chi connectivity index (χ0) is 15.6. The van der Waals surface area contributed by atoms with Gasteiger partial charge in [0.25, 0.3) is 0 Å². The van der Waals surface area contributed by atoms with E-state index in [-0.39, 0.29) is 0 Å². The minimum absolute atomic E-state index is 0.523. The molecule has 6 nitrogen and oxygen atoms in total. The van der Waals surface area contributed by atoms with Gasteiger partial charge >= 0.3 is 0 Å². The first-order valence-corrected chi connectivity index (χ1v) is 7.95. The van der Waals surface area contributed by atoms with Crippen LogP contribution in [0.3, 0.4) is 0 Å². The van der Waals surface area contributed by atoms with Gasteiger partial charge in [-0.2, -0.15) is 0 Å². The molecule has 0 fully saturated rings. The van der Waals surface area contributed by atoms with E-state index in [0.29, 0.717) is 17.1 Å². The summed E-state index contributed by atoms with van der Waals surface area (Å²) >= 11 is 0. The van der Waals surface area contributed by atoms with Crippen molar-refractivity contribution in [1.29, 1.82) is 0 Å². The Bertz CT molecular complexity index is 570. The molecule has 1 aromatic rings. The van der Waals surface area contributed by atoms with Gasteiger partial charge in [0.15, 0.2) is 21.3 Å². The van der Waals surface area contributed by atoms with Crippen molar-refractivity contribution in [2.24, 2.45) is 5.84 Å². The number of nitrogens with one attached hydrogen (secondary N) is 1. The molecule has 0 aliphatic heterocycles. The highest BCUT2D eigenvalue weighted by Gasteiger charge is 2.39. The van der Waals surface area contributed by atoms with Gasteiger partial charge in [0.2, 0.25) is 0 Å². The molecule has 0 aliphatic carbocycles. The maximum atomic E-state index is 12.0. The smallest absolute Gasteiger partial charge is 0.161 e. The molecule has 0 saturated carbocycles. The maximum Gasteiger partial charge on any atom is 0.161 e. The van der Waals surface area contributed by atoms with Crippen molar-refractivity contribution in [3.8, 4) is 11.5 Å². The molecule has 1 aromatic carbocycles. The molecular weight excluding hydrogens is 280 g/mol. The molecule has 20 heavy (non-hydrogen) atoms. The number of hydrogen-bond donors (Lipinski definition) is 2. The van der Waals surface area contributed by atoms with Gasteiger partial charge in [0, 0.05) is 6.26 Å². The second kappa shape index (κ2) is 5.99. The Hall–Kier alpha value is -1.31. The second-order valence-corrected chi connectivity index (χ2v) is 7.69. The monoisotopic (exact) mass is 302 g/mol. The standard InChI is InChI=1S/C13H22N2O4S/c1-13(2,20(5,16)17)12(15-14)9-6-7-10(18-3)11(8-9)19-4/h6-8,12,15H,14H2,1-5H3. The summed E-state index contributed by atoms with van der Waals surface area (Å²) in [6.07, 6.45) is 1.19. The SMILES string of the molecule is COc1ccc(C(NN)C(C)(C)S(C)(=O)=O)cc1OC. The highest BCUT2D eigenvalue weighted by molar-refractivity contribution is 7.92. The van der Waals surface area contributed by atoms with Crippen LogP contribution in [-0.4, -0.2) is 33.6 Å². The van der Waals surface area contributed by atoms with Crippen LogP contribution in [-0.2, 0) is 9.84 Å². The van der Waals surface area contributed by atoms with E-state index in [9.17, 15) is 8.42 Å². The molecule has 1 atom stereocenters. The van der Waals surface area contributed by atoms with Crippen LogP contribution in [0.4, 0.5) is 0 Å². The lowest BCUT2D eigenvalue weighted by Crippen LogP contribution is -2.47. The molecule has 114 valence electrons. The minimum atomic E-state index is -3.31. The summed E-state index contributed by atoms with van der Waals surface area (Å²) in [6.45, 7) is 3.26. The largest absolute Gasteiger partial charge is 0.493 e. The topological polar surface area (TPSA) is 90.6 Å². The first-order chi connectivity index (χ1) is 9.18. The molecule has 1 unspecified atom stereocenters. The van der Waals surface area contributed by atoms with Crippen molar-refractivity contribution in [2.45, 2.75) is 24.6 Å². The second-order valence-electron chi connectivity index (χ2n) is 5.09. The highest BCUT2D eigenvalue weighted by Crippen LogP contribution is 2.36. The van der Waals surface area contributed by atoms with Crippen molar-refractivity contribution in [2.75, 3.05) is 20.5 Å². The summed E-state index contributed by atoms with van der Waals surface area (Å²) in [5.74, 6) is 6.66. The van der Waals surface area contributed by atoms with Crippen molar-refractivity contribution < 1.29 is 17.9 Å². The Morgan fingerprint density at radius 3 is 2.15 bits per heavy atom. The fourth-order valence-corrected chi connectivity index (χ4v) is 2.58. The van der Waals surface area contributed by atoms with E-state index in [1.807, 2.05) is 0 Å². The molecule has 0 amide bonds. The molecule has 0 aromatic heterocycles. The minimum Gasteiger partial charge on any atom is -0.493 e. The Morgan fingerprint density at radius 2 is 1.75 bits per heavy atom. The molecule has 0 radical (unpaired) electrons. The Labute approximate surface area is 120 Å². The van der Waals surface area contributed by atoms with Crippen LogP contribution in [0.1, 0.15) is 25.5 Å². The van der Waals surface area contributed by atoms with Gasteiger partial charge in [0.1, 0.15) is 0 Å². The lowest BCUT2D eigenvalue weighted by molar-refractivity contribution is 0.352. The third-order valence-electron chi connectivity index (χ3n) is 3.56. The number of hydrogen-bond acceptors (Lipinski definition) is 6. The molecule has 1 rings (SSSR count). The van der Waals surface area contributed by atoms with Crippen LogP contribution in [0.15, 0.2) is 18.2 Å². The summed E-state index contributed by atoms with van der Waals surface area (Å²) in [5.41, 5.74) is 3.29. The summed E-state index contributed by atoms with van der Waals surface area (Å²) in [5, 5.41) is 0. The molecule has 0 spiro atoms. The number of methoxy groups -OCH3 is 2. The van der Waals surface area contributed by atoms with E-state index < -0.39 is 20.6 Å². The van der Waals surface area contributed by atoms with E-state index in [1.54, 1.807) is 32.0 Å². The van der Waals surface area contributed by atoms with E-state index in [4.69, 9.17) is 15.3 Å². The Balaban J connectivity index is 3.33. The predicted octanol–water partition coefficient (Wildman–Crippen LogP) is 1.03. The first-order valence-electron chi connectivity index (χ1n) is 6.06. The molecule has 3 N–H and O–H groups in total. The normalized spacial score (nSPS) is 13.9. The number of ether oxygens (including phenoxy) is 2. The highest BCUT2D eigenvalue weighted by atomic mass is 32.2. The number of rotatable bonds is 6. The van der Waals surface area contributed by atoms with E-state index in [2.05, 4.69) is 5.43 Å². The van der Waals surface area contributed by atoms with Gasteiger partial charge in [0.05, 0.1) is 25.0 Å². The zero-order valence-electron chi connectivity index (χ0n) is 12.4. The molecule has 0 heterocycles. The van der Waals surface area contributed by atoms with Crippen LogP contribution < -0.4 is 20.7 Å². The fourth-order valence-electron chi connectivity index (χ4n) is 1.94. The molecule has 0 saturated heterocycles. The summed E-state index contributed by atoms with van der Waals surface area (Å²) < 4.78 is 33.2. The van der Waals surface area contributed by atoms with Crippen molar-refractivity contribution in [3.63, 3.8) is 0 Å². The summed E-state index contributed by atoms with van der Waals surface area (Å²) in [6, 6.07) is 4.63. The van der Waals surface area contributed by atoms with Crippen LogP contribution in [0.25, 0.3) is 0 Å². The molecule has 7 heteroatoms. The fraction of sp³-hybridized carbons (Fsp3) is 0.538. The van der Waals surface area contributed by atoms with E-state index in [1.165, 1.54) is 20.5 Å². The molecular formula is C13H22N2O4S. The summed E-state index contributed by atoms with van der Waals surface area (Å²) in [7, 11) is -0.251. The number of sulfone groups is 1. The number of hydrazine groups is 1. The van der Waals surface area contributed by atoms with E-state index >= 15 is 0 Å². The zero-order valence-corrected chi connectivity index (χ0v) is 13.2. The predicted molar refractivity (Wildman–Crippen MR) is 78.5 cm³/mol. The van der Waals surface area contributed by atoms with Crippen molar-refractivity contribution in [3.05, 3.63) is 23.8 Å². The summed E-state index contributed by atoms with van der Waals surface area (Å²) in [4.78, 5) is 0. The van der Waals surface area contributed by atoms with Crippen LogP contribution in [0.2, 0.25) is 0 Å². The number of benzene rings is 1. The van der Waals surface area contributed by atoms with Gasteiger partial charge in [-0.05, 0) is 31.5 Å². The lowest BCUT2D eigenvalue weighted by Gasteiger charge is -2.32. The Kier molecular flexibility index (Phi) is 5.01. The van der Waals surface area contributed by atoms with Gasteiger partial charge < -0.3 is 9.47 Å². The Morgan fingerprint density at radius 1 is 1.20 bits per heavy atom. The molecule has 0 aliphatic rings. The van der Waals surface area contributed by atoms with Crippen LogP contribution in [0.5, 0.6) is 11.5 Å². The van der Waals surface area contributed by atoms with Crippen LogP contribution >= 0.6 is 0 Å². The number of nitrogens with two attached hydrogens (primary N) is 1. The van der Waals surface area contributed by atoms with Gasteiger partial charge in [-0.25, -0.2) is 8.42 Å². The van der Waals surface area contributed by atoms with Gasteiger partial charge in [-0.1, -0.05) is 6.07 Å². The third kappa shape index (κ3) is 3.05. The average molecular weight is 302 g/mol. The quantitative estimate of drug-likeness (QED) is 0.602. The van der Waals surface area contributed by atoms with Gasteiger partial charge in [-0.15, -0.1) is 0 Å². The van der Waals surface area contributed by atoms with Crippen molar-refractivity contribution >= 4 is 9.84 Å². The van der Waals surface area contributed by atoms with Crippen LogP contribution in [0, 0.1) is 0 Å². The average Bonchev–Trinajstić information content (AvgIpc) is 2.37.